The van der Waals surface area contributed by atoms with Gasteiger partial charge in [-0.05, 0) is 42.7 Å². The van der Waals surface area contributed by atoms with Crippen molar-refractivity contribution in [2.24, 2.45) is 0 Å². The van der Waals surface area contributed by atoms with E-state index < -0.39 is 10.1 Å². The molecule has 0 aliphatic rings. The average Bonchev–Trinajstić information content (AvgIpc) is 2.62. The van der Waals surface area contributed by atoms with E-state index in [1.165, 1.54) is 43.9 Å². The average molecular weight is 431 g/mol. The van der Waals surface area contributed by atoms with Gasteiger partial charge in [0.1, 0.15) is 11.5 Å². The van der Waals surface area contributed by atoms with Crippen LogP contribution in [0.1, 0.15) is 57.4 Å². The van der Waals surface area contributed by atoms with Crippen molar-refractivity contribution in [3.63, 3.8) is 0 Å². The minimum atomic E-state index is -4.30. The Hall–Kier alpha value is -0.414. The summed E-state index contributed by atoms with van der Waals surface area (Å²) in [5.74, 6) is 0.313. The SMILES string of the molecule is CCCCCCCCCc1cc(Oc2ccccc2[O-])ccc1S(=O)(=O)O.[K+]. The van der Waals surface area contributed by atoms with Gasteiger partial charge in [-0.1, -0.05) is 69.4 Å². The number of rotatable bonds is 11. The van der Waals surface area contributed by atoms with E-state index in [1.54, 1.807) is 24.3 Å². The summed E-state index contributed by atoms with van der Waals surface area (Å²) in [4.78, 5) is -0.101. The van der Waals surface area contributed by atoms with E-state index in [2.05, 4.69) is 6.92 Å². The van der Waals surface area contributed by atoms with Crippen LogP contribution in [0.5, 0.6) is 17.2 Å². The molecule has 0 saturated heterocycles. The minimum absolute atomic E-state index is 0. The van der Waals surface area contributed by atoms with Crippen LogP contribution in [0, 0.1) is 0 Å². The summed E-state index contributed by atoms with van der Waals surface area (Å²) < 4.78 is 38.4. The standard InChI is InChI=1S/C21H28O5S.K/c1-2-3-4-5-6-7-8-11-17-16-18(14-15-21(17)27(23,24)25)26-20-13-10-9-12-19(20)22;/h9-10,12-16,22H,2-8,11H2,1H3,(H,23,24,25);/q;+1/p-1. The Bertz CT molecular complexity index is 836. The van der Waals surface area contributed by atoms with E-state index in [4.69, 9.17) is 4.74 Å². The summed E-state index contributed by atoms with van der Waals surface area (Å²) in [6.07, 6.45) is 8.33. The van der Waals surface area contributed by atoms with Gasteiger partial charge in [0, 0.05) is 0 Å². The predicted molar refractivity (Wildman–Crippen MR) is 104 cm³/mol. The minimum Gasteiger partial charge on any atom is -0.870 e. The molecule has 2 rings (SSSR count). The van der Waals surface area contributed by atoms with Crippen LogP contribution < -0.4 is 61.2 Å². The predicted octanol–water partition coefficient (Wildman–Crippen LogP) is 2.10. The first-order valence-electron chi connectivity index (χ1n) is 9.46. The first-order chi connectivity index (χ1) is 12.9. The molecule has 7 heteroatoms. The molecule has 0 spiro atoms. The molecule has 0 saturated carbocycles. The molecular weight excluding hydrogens is 403 g/mol. The topological polar surface area (TPSA) is 86.7 Å². The number of para-hydroxylation sites is 2. The molecule has 0 amide bonds. The third-order valence-corrected chi connectivity index (χ3v) is 5.39. The second-order valence-electron chi connectivity index (χ2n) is 6.66. The Labute approximate surface area is 210 Å². The Morgan fingerprint density at radius 1 is 0.964 bits per heavy atom. The monoisotopic (exact) mass is 430 g/mol. The summed E-state index contributed by atoms with van der Waals surface area (Å²) in [7, 11) is -4.30. The number of hydrogen-bond acceptors (Lipinski definition) is 4. The van der Waals surface area contributed by atoms with Gasteiger partial charge in [0.15, 0.2) is 0 Å². The van der Waals surface area contributed by atoms with Crippen LogP contribution in [-0.4, -0.2) is 13.0 Å². The van der Waals surface area contributed by atoms with Gasteiger partial charge in [0.05, 0.1) is 4.90 Å². The molecule has 0 unspecified atom stereocenters. The van der Waals surface area contributed by atoms with Gasteiger partial charge < -0.3 is 9.84 Å². The van der Waals surface area contributed by atoms with Crippen molar-refractivity contribution < 1.29 is 74.2 Å². The zero-order chi connectivity index (χ0) is 19.7. The maximum absolute atomic E-state index is 11.8. The number of unbranched alkanes of at least 4 members (excludes halogenated alkanes) is 6. The van der Waals surface area contributed by atoms with Crippen LogP contribution in [0.2, 0.25) is 0 Å². The van der Waals surface area contributed by atoms with Crippen molar-refractivity contribution in [1.29, 1.82) is 0 Å². The maximum Gasteiger partial charge on any atom is 1.00 e. The van der Waals surface area contributed by atoms with Gasteiger partial charge in [0.25, 0.3) is 10.1 Å². The van der Waals surface area contributed by atoms with E-state index in [1.807, 2.05) is 0 Å². The van der Waals surface area contributed by atoms with Crippen molar-refractivity contribution in [3.05, 3.63) is 48.0 Å². The van der Waals surface area contributed by atoms with E-state index in [0.29, 0.717) is 17.7 Å². The first-order valence-corrected chi connectivity index (χ1v) is 10.9. The van der Waals surface area contributed by atoms with Gasteiger partial charge in [-0.3, -0.25) is 4.55 Å². The van der Waals surface area contributed by atoms with Gasteiger partial charge in [-0.2, -0.15) is 8.42 Å². The third kappa shape index (κ3) is 8.53. The second-order valence-corrected chi connectivity index (χ2v) is 8.05. The third-order valence-electron chi connectivity index (χ3n) is 4.44. The molecule has 0 radical (unpaired) electrons. The normalized spacial score (nSPS) is 11.1. The van der Waals surface area contributed by atoms with E-state index in [9.17, 15) is 18.1 Å². The zero-order valence-corrected chi connectivity index (χ0v) is 20.6. The van der Waals surface area contributed by atoms with Crippen molar-refractivity contribution >= 4 is 10.1 Å². The summed E-state index contributed by atoms with van der Waals surface area (Å²) in [5.41, 5.74) is 0.506. The Kier molecular flexibility index (Phi) is 11.9. The van der Waals surface area contributed by atoms with E-state index in [0.717, 1.165) is 19.3 Å². The molecule has 2 aromatic carbocycles. The molecule has 148 valence electrons. The molecule has 2 aromatic rings. The molecule has 5 nitrogen and oxygen atoms in total. The molecule has 28 heavy (non-hydrogen) atoms. The number of aryl methyl sites for hydroxylation is 1. The molecule has 0 atom stereocenters. The number of benzene rings is 2. The second kappa shape index (κ2) is 13.0. The maximum atomic E-state index is 11.8. The van der Waals surface area contributed by atoms with E-state index in [-0.39, 0.29) is 67.8 Å². The largest absolute Gasteiger partial charge is 1.00 e. The fourth-order valence-electron chi connectivity index (χ4n) is 3.00. The summed E-state index contributed by atoms with van der Waals surface area (Å²) in [6, 6.07) is 10.7. The van der Waals surface area contributed by atoms with Crippen LogP contribution in [0.15, 0.2) is 47.4 Å². The van der Waals surface area contributed by atoms with Crippen LogP contribution in [0.25, 0.3) is 0 Å². The van der Waals surface area contributed by atoms with Crippen molar-refractivity contribution in [1.82, 2.24) is 0 Å². The molecule has 0 aliphatic carbocycles. The molecule has 1 N–H and O–H groups in total. The fourth-order valence-corrected chi connectivity index (χ4v) is 3.73. The van der Waals surface area contributed by atoms with Gasteiger partial charge >= 0.3 is 51.4 Å². The van der Waals surface area contributed by atoms with Gasteiger partial charge in [0.2, 0.25) is 0 Å². The van der Waals surface area contributed by atoms with Crippen molar-refractivity contribution in [2.75, 3.05) is 0 Å². The Morgan fingerprint density at radius 2 is 1.61 bits per heavy atom. The molecule has 0 aliphatic heterocycles. The van der Waals surface area contributed by atoms with Crippen LogP contribution in [-0.2, 0) is 16.5 Å². The first kappa shape index (κ1) is 25.6. The van der Waals surface area contributed by atoms with E-state index >= 15 is 0 Å². The molecule has 0 aromatic heterocycles. The molecule has 0 bridgehead atoms. The Balaban J connectivity index is 0.00000392. The summed E-state index contributed by atoms with van der Waals surface area (Å²) >= 11 is 0. The van der Waals surface area contributed by atoms with Crippen molar-refractivity contribution in [2.45, 2.75) is 63.2 Å². The molecular formula is C21H27KO5S. The van der Waals surface area contributed by atoms with Crippen molar-refractivity contribution in [3.8, 4) is 17.2 Å². The molecule has 0 heterocycles. The summed E-state index contributed by atoms with van der Waals surface area (Å²) in [5, 5.41) is 11.8. The van der Waals surface area contributed by atoms with Crippen LogP contribution in [0.4, 0.5) is 0 Å². The van der Waals surface area contributed by atoms with Crippen LogP contribution in [0.3, 0.4) is 0 Å². The zero-order valence-electron chi connectivity index (χ0n) is 16.7. The summed E-state index contributed by atoms with van der Waals surface area (Å²) in [6.45, 7) is 2.18. The Morgan fingerprint density at radius 3 is 2.25 bits per heavy atom. The van der Waals surface area contributed by atoms with Crippen LogP contribution >= 0.6 is 0 Å². The fraction of sp³-hybridized carbons (Fsp3) is 0.429. The smallest absolute Gasteiger partial charge is 0.870 e. The quantitative estimate of drug-likeness (QED) is 0.335. The van der Waals surface area contributed by atoms with Gasteiger partial charge in [-0.15, -0.1) is 0 Å². The van der Waals surface area contributed by atoms with Gasteiger partial charge in [-0.25, -0.2) is 0 Å². The molecule has 0 fully saturated rings. The number of ether oxygens (including phenoxy) is 1. The number of hydrogen-bond donors (Lipinski definition) is 1.